The molecule has 3 heterocycles. The van der Waals surface area contributed by atoms with Crippen LogP contribution in [-0.4, -0.2) is 36.1 Å². The van der Waals surface area contributed by atoms with Gasteiger partial charge in [0, 0.05) is 43.5 Å². The van der Waals surface area contributed by atoms with Crippen LogP contribution < -0.4 is 4.90 Å². The summed E-state index contributed by atoms with van der Waals surface area (Å²) in [6.07, 6.45) is 2.25. The first-order chi connectivity index (χ1) is 11.2. The van der Waals surface area contributed by atoms with Crippen molar-refractivity contribution in [2.75, 3.05) is 31.1 Å². The number of piperazine rings is 1. The first-order valence-electron chi connectivity index (χ1n) is 7.85. The van der Waals surface area contributed by atoms with Crippen LogP contribution >= 0.6 is 22.9 Å². The number of aromatic nitrogens is 1. The van der Waals surface area contributed by atoms with Crippen molar-refractivity contribution in [3.05, 3.63) is 32.9 Å². The molecule has 2 fully saturated rings. The molecule has 4 rings (SSSR count). The first-order valence-corrected chi connectivity index (χ1v) is 9.04. The molecule has 0 amide bonds. The van der Waals surface area contributed by atoms with E-state index in [1.807, 2.05) is 6.07 Å². The van der Waals surface area contributed by atoms with Crippen LogP contribution in [0.2, 0.25) is 4.34 Å². The van der Waals surface area contributed by atoms with Crippen molar-refractivity contribution < 1.29 is 4.42 Å². The molecule has 2 aromatic rings. The maximum atomic E-state index is 9.29. The normalized spacial score (nSPS) is 19.0. The van der Waals surface area contributed by atoms with E-state index in [1.54, 1.807) is 11.3 Å². The van der Waals surface area contributed by atoms with Gasteiger partial charge in [0.25, 0.3) is 0 Å². The van der Waals surface area contributed by atoms with Gasteiger partial charge in [0.2, 0.25) is 17.5 Å². The monoisotopic (exact) mass is 348 g/mol. The zero-order valence-electron chi connectivity index (χ0n) is 12.7. The Morgan fingerprint density at radius 2 is 2.09 bits per heavy atom. The van der Waals surface area contributed by atoms with Gasteiger partial charge in [-0.05, 0) is 25.0 Å². The van der Waals surface area contributed by atoms with Crippen LogP contribution in [0, 0.1) is 11.3 Å². The largest absolute Gasteiger partial charge is 0.423 e. The molecule has 1 saturated carbocycles. The van der Waals surface area contributed by atoms with Gasteiger partial charge in [-0.15, -0.1) is 11.3 Å². The summed E-state index contributed by atoms with van der Waals surface area (Å²) in [4.78, 5) is 10.2. The van der Waals surface area contributed by atoms with Gasteiger partial charge in [0.1, 0.15) is 6.07 Å². The Kier molecular flexibility index (Phi) is 4.02. The van der Waals surface area contributed by atoms with Crippen molar-refractivity contribution in [3.8, 4) is 6.07 Å². The number of rotatable bonds is 4. The summed E-state index contributed by atoms with van der Waals surface area (Å²) < 4.78 is 6.72. The number of nitrogens with zero attached hydrogens (tertiary/aromatic N) is 4. The van der Waals surface area contributed by atoms with Crippen LogP contribution in [0.5, 0.6) is 0 Å². The molecule has 0 atom stereocenters. The van der Waals surface area contributed by atoms with E-state index in [-0.39, 0.29) is 0 Å². The lowest BCUT2D eigenvalue weighted by Crippen LogP contribution is -2.46. The smallest absolute Gasteiger partial charge is 0.234 e. The molecule has 0 unspecified atom stereocenters. The van der Waals surface area contributed by atoms with Gasteiger partial charge < -0.3 is 9.32 Å². The summed E-state index contributed by atoms with van der Waals surface area (Å²) in [5.41, 5.74) is 0.436. The Morgan fingerprint density at radius 3 is 2.70 bits per heavy atom. The minimum atomic E-state index is 0.431. The van der Waals surface area contributed by atoms with Crippen molar-refractivity contribution >= 4 is 28.8 Å². The van der Waals surface area contributed by atoms with E-state index in [2.05, 4.69) is 26.9 Å². The molecule has 1 saturated heterocycles. The van der Waals surface area contributed by atoms with Gasteiger partial charge in [0.05, 0.1) is 4.34 Å². The predicted molar refractivity (Wildman–Crippen MR) is 90.0 cm³/mol. The van der Waals surface area contributed by atoms with Gasteiger partial charge in [0.15, 0.2) is 0 Å². The third-order valence-electron chi connectivity index (χ3n) is 4.33. The molecular weight excluding hydrogens is 332 g/mol. The van der Waals surface area contributed by atoms with Crippen molar-refractivity contribution in [2.45, 2.75) is 25.3 Å². The fraction of sp³-hybridized carbons (Fsp3) is 0.500. The van der Waals surface area contributed by atoms with Gasteiger partial charge in [-0.2, -0.15) is 5.26 Å². The summed E-state index contributed by atoms with van der Waals surface area (Å²) in [6.45, 7) is 4.53. The maximum Gasteiger partial charge on any atom is 0.234 e. The number of halogens is 1. The number of oxazole rings is 1. The zero-order chi connectivity index (χ0) is 15.8. The van der Waals surface area contributed by atoms with Crippen molar-refractivity contribution in [2.24, 2.45) is 0 Å². The average Bonchev–Trinajstić information content (AvgIpc) is 3.20. The zero-order valence-corrected chi connectivity index (χ0v) is 14.2. The molecule has 7 heteroatoms. The van der Waals surface area contributed by atoms with Crippen LogP contribution in [0.1, 0.15) is 35.2 Å². The summed E-state index contributed by atoms with van der Waals surface area (Å²) in [5.74, 6) is 1.83. The molecule has 1 aliphatic carbocycles. The fourth-order valence-electron chi connectivity index (χ4n) is 2.89. The van der Waals surface area contributed by atoms with E-state index in [1.165, 1.54) is 4.88 Å². The van der Waals surface area contributed by atoms with E-state index >= 15 is 0 Å². The molecule has 5 nitrogen and oxygen atoms in total. The van der Waals surface area contributed by atoms with Crippen LogP contribution in [0.25, 0.3) is 0 Å². The van der Waals surface area contributed by atoms with Crippen LogP contribution in [-0.2, 0) is 6.54 Å². The average molecular weight is 349 g/mol. The molecular formula is C16H17ClN4OS. The quantitative estimate of drug-likeness (QED) is 0.846. The van der Waals surface area contributed by atoms with E-state index in [9.17, 15) is 5.26 Å². The minimum Gasteiger partial charge on any atom is -0.423 e. The van der Waals surface area contributed by atoms with E-state index in [0.29, 0.717) is 17.5 Å². The molecule has 120 valence electrons. The molecule has 1 aliphatic heterocycles. The molecule has 0 bridgehead atoms. The van der Waals surface area contributed by atoms with Crippen LogP contribution in [0.4, 0.5) is 5.88 Å². The van der Waals surface area contributed by atoms with E-state index in [4.69, 9.17) is 16.0 Å². The molecule has 2 aromatic heterocycles. The fourth-order valence-corrected chi connectivity index (χ4v) is 4.02. The van der Waals surface area contributed by atoms with Crippen LogP contribution in [0.3, 0.4) is 0 Å². The Balaban J connectivity index is 1.40. The van der Waals surface area contributed by atoms with Crippen molar-refractivity contribution in [1.82, 2.24) is 9.88 Å². The van der Waals surface area contributed by atoms with Gasteiger partial charge in [-0.1, -0.05) is 11.6 Å². The lowest BCUT2D eigenvalue weighted by atomic mass is 10.3. The highest BCUT2D eigenvalue weighted by Crippen LogP contribution is 2.41. The second kappa shape index (κ2) is 6.16. The number of thiophene rings is 1. The Bertz CT molecular complexity index is 738. The molecule has 0 N–H and O–H groups in total. The number of anilines is 1. The van der Waals surface area contributed by atoms with Gasteiger partial charge in [-0.3, -0.25) is 4.90 Å². The summed E-state index contributed by atoms with van der Waals surface area (Å²) >= 11 is 7.63. The number of hydrogen-bond acceptors (Lipinski definition) is 6. The van der Waals surface area contributed by atoms with Gasteiger partial charge in [-0.25, -0.2) is 4.98 Å². The highest BCUT2D eigenvalue weighted by atomic mass is 35.5. The maximum absolute atomic E-state index is 9.29. The molecule has 0 spiro atoms. The first kappa shape index (κ1) is 15.0. The van der Waals surface area contributed by atoms with Gasteiger partial charge >= 0.3 is 0 Å². The third-order valence-corrected chi connectivity index (χ3v) is 5.54. The van der Waals surface area contributed by atoms with Crippen molar-refractivity contribution in [3.63, 3.8) is 0 Å². The molecule has 23 heavy (non-hydrogen) atoms. The SMILES string of the molecule is N#Cc1nc(C2CC2)oc1N1CCN(Cc2ccc(Cl)s2)CC1. The summed E-state index contributed by atoms with van der Waals surface area (Å²) in [6, 6.07) is 6.21. The summed E-state index contributed by atoms with van der Waals surface area (Å²) in [7, 11) is 0. The molecule has 2 aliphatic rings. The highest BCUT2D eigenvalue weighted by Gasteiger charge is 2.32. The second-order valence-corrected chi connectivity index (χ2v) is 7.86. The summed E-state index contributed by atoms with van der Waals surface area (Å²) in [5, 5.41) is 9.29. The lowest BCUT2D eigenvalue weighted by molar-refractivity contribution is 0.247. The topological polar surface area (TPSA) is 56.3 Å². The third kappa shape index (κ3) is 3.23. The number of hydrogen-bond donors (Lipinski definition) is 0. The molecule has 0 radical (unpaired) electrons. The lowest BCUT2D eigenvalue weighted by Gasteiger charge is -2.34. The Labute approximate surface area is 144 Å². The second-order valence-electron chi connectivity index (χ2n) is 6.06. The van der Waals surface area contributed by atoms with E-state index in [0.717, 1.165) is 55.8 Å². The minimum absolute atomic E-state index is 0.431. The number of nitriles is 1. The Morgan fingerprint density at radius 1 is 1.30 bits per heavy atom. The molecule has 0 aromatic carbocycles. The van der Waals surface area contributed by atoms with E-state index < -0.39 is 0 Å². The predicted octanol–water partition coefficient (Wildman–Crippen LogP) is 3.46. The standard InChI is InChI=1S/C16H17ClN4OS/c17-14-4-3-12(23-14)10-20-5-7-21(8-6-20)16-13(9-18)19-15(22-16)11-1-2-11/h3-4,11H,1-2,5-8,10H2. The highest BCUT2D eigenvalue weighted by molar-refractivity contribution is 7.16. The van der Waals surface area contributed by atoms with Crippen molar-refractivity contribution in [1.29, 1.82) is 5.26 Å². The Hall–Kier alpha value is -1.55. The van der Waals surface area contributed by atoms with Crippen LogP contribution in [0.15, 0.2) is 16.5 Å².